The van der Waals surface area contributed by atoms with Gasteiger partial charge in [-0.05, 0) is 24.6 Å². The third-order valence-corrected chi connectivity index (χ3v) is 3.77. The van der Waals surface area contributed by atoms with Gasteiger partial charge >= 0.3 is 0 Å². The summed E-state index contributed by atoms with van der Waals surface area (Å²) in [6.45, 7) is 4.26. The first-order valence-corrected chi connectivity index (χ1v) is 7.40. The van der Waals surface area contributed by atoms with Gasteiger partial charge in [0.2, 0.25) is 5.91 Å². The number of hydrogen-bond acceptors (Lipinski definition) is 2. The van der Waals surface area contributed by atoms with Crippen LogP contribution in [0, 0.1) is 0 Å². The smallest absolute Gasteiger partial charge is 0.255 e. The van der Waals surface area contributed by atoms with Crippen LogP contribution in [0.1, 0.15) is 41.8 Å². The molecular weight excluding hydrogens is 288 g/mol. The molecule has 21 heavy (non-hydrogen) atoms. The molecule has 5 heteroatoms. The van der Waals surface area contributed by atoms with Crippen molar-refractivity contribution in [1.29, 1.82) is 0 Å². The van der Waals surface area contributed by atoms with Gasteiger partial charge in [-0.15, -0.1) is 0 Å². The fourth-order valence-corrected chi connectivity index (χ4v) is 2.51. The van der Waals surface area contributed by atoms with Crippen LogP contribution < -0.4 is 0 Å². The number of halogens is 1. The molecule has 0 N–H and O–H groups in total. The van der Waals surface area contributed by atoms with E-state index in [9.17, 15) is 9.59 Å². The monoisotopic (exact) mass is 306 g/mol. The van der Waals surface area contributed by atoms with Gasteiger partial charge in [-0.3, -0.25) is 14.2 Å². The quantitative estimate of drug-likeness (QED) is 0.861. The highest BCUT2D eigenvalue weighted by Crippen LogP contribution is 2.26. The molecule has 0 spiro atoms. The van der Waals surface area contributed by atoms with E-state index in [4.69, 9.17) is 11.6 Å². The lowest BCUT2D eigenvalue weighted by Gasteiger charge is -2.16. The minimum atomic E-state index is -0.127. The predicted octanol–water partition coefficient (Wildman–Crippen LogP) is 3.83. The molecule has 2 aromatic rings. The number of carbonyl (C=O) groups is 2. The Hall–Kier alpha value is -1.81. The Bertz CT molecular complexity index is 691. The number of nitrogens with zero attached hydrogens (tertiary/aromatic N) is 2. The van der Waals surface area contributed by atoms with Gasteiger partial charge in [-0.2, -0.15) is 0 Å². The highest BCUT2D eigenvalue weighted by atomic mass is 35.5. The molecule has 2 rings (SSSR count). The van der Waals surface area contributed by atoms with E-state index in [1.165, 1.54) is 11.5 Å². The third-order valence-electron chi connectivity index (χ3n) is 3.53. The van der Waals surface area contributed by atoms with Gasteiger partial charge < -0.3 is 4.90 Å². The molecule has 4 nitrogen and oxygen atoms in total. The maximum Gasteiger partial charge on any atom is 0.255 e. The predicted molar refractivity (Wildman–Crippen MR) is 85.1 cm³/mol. The zero-order valence-electron chi connectivity index (χ0n) is 12.5. The molecule has 0 saturated carbocycles. The van der Waals surface area contributed by atoms with Gasteiger partial charge in [0, 0.05) is 37.1 Å². The Morgan fingerprint density at radius 2 is 2.05 bits per heavy atom. The van der Waals surface area contributed by atoms with Gasteiger partial charge in [0.15, 0.2) is 0 Å². The Labute approximate surface area is 129 Å². The van der Waals surface area contributed by atoms with Gasteiger partial charge in [0.1, 0.15) is 0 Å². The first-order valence-electron chi connectivity index (χ1n) is 7.02. The van der Waals surface area contributed by atoms with Crippen molar-refractivity contribution in [3.63, 3.8) is 0 Å². The van der Waals surface area contributed by atoms with E-state index in [0.717, 1.165) is 12.8 Å². The van der Waals surface area contributed by atoms with E-state index in [1.807, 2.05) is 0 Å². The largest absolute Gasteiger partial charge is 0.342 e. The van der Waals surface area contributed by atoms with Crippen LogP contribution >= 0.6 is 11.6 Å². The van der Waals surface area contributed by atoms with Crippen molar-refractivity contribution in [2.75, 3.05) is 13.6 Å². The number of amides is 1. The minimum Gasteiger partial charge on any atom is -0.342 e. The van der Waals surface area contributed by atoms with E-state index in [0.29, 0.717) is 28.0 Å². The van der Waals surface area contributed by atoms with Crippen LogP contribution in [-0.4, -0.2) is 34.9 Å². The number of benzene rings is 1. The summed E-state index contributed by atoms with van der Waals surface area (Å²) < 4.78 is 1.49. The van der Waals surface area contributed by atoms with E-state index < -0.39 is 0 Å². The van der Waals surface area contributed by atoms with Gasteiger partial charge in [-0.1, -0.05) is 24.9 Å². The summed E-state index contributed by atoms with van der Waals surface area (Å²) in [6, 6.07) is 5.22. The highest BCUT2D eigenvalue weighted by Gasteiger charge is 2.19. The molecule has 1 heterocycles. The summed E-state index contributed by atoms with van der Waals surface area (Å²) >= 11 is 6.03. The van der Waals surface area contributed by atoms with Gasteiger partial charge in [0.25, 0.3) is 5.91 Å². The second kappa shape index (κ2) is 6.31. The lowest BCUT2D eigenvalue weighted by atomic mass is 10.1. The first-order chi connectivity index (χ1) is 9.95. The maximum absolute atomic E-state index is 12.6. The molecule has 0 aliphatic carbocycles. The normalized spacial score (nSPS) is 10.9. The van der Waals surface area contributed by atoms with Crippen molar-refractivity contribution >= 4 is 34.3 Å². The average molecular weight is 307 g/mol. The van der Waals surface area contributed by atoms with Crippen LogP contribution in [0.5, 0.6) is 0 Å². The number of carbonyl (C=O) groups excluding carboxylic acids is 2. The minimum absolute atomic E-state index is 0.0873. The first kappa shape index (κ1) is 15.6. The summed E-state index contributed by atoms with van der Waals surface area (Å²) in [4.78, 5) is 26.0. The fourth-order valence-electron chi connectivity index (χ4n) is 2.34. The number of aromatic nitrogens is 1. The lowest BCUT2D eigenvalue weighted by molar-refractivity contribution is 0.0795. The molecular formula is C16H19ClN2O2. The van der Waals surface area contributed by atoms with Crippen molar-refractivity contribution < 1.29 is 9.59 Å². The molecule has 0 saturated heterocycles. The molecule has 0 radical (unpaired) electrons. The van der Waals surface area contributed by atoms with Crippen LogP contribution in [0.2, 0.25) is 5.02 Å². The third kappa shape index (κ3) is 3.10. The summed E-state index contributed by atoms with van der Waals surface area (Å²) in [5.74, 6) is -0.215. The molecule has 0 aliphatic rings. The van der Waals surface area contributed by atoms with Crippen LogP contribution in [0.15, 0.2) is 24.4 Å². The fraction of sp³-hybridized carbons (Fsp3) is 0.375. The molecule has 1 amide bonds. The van der Waals surface area contributed by atoms with Crippen LogP contribution in [0.3, 0.4) is 0 Å². The Kier molecular flexibility index (Phi) is 4.68. The van der Waals surface area contributed by atoms with E-state index in [-0.39, 0.29) is 11.8 Å². The molecule has 0 aliphatic heterocycles. The second-order valence-corrected chi connectivity index (χ2v) is 5.61. The number of rotatable bonds is 4. The van der Waals surface area contributed by atoms with E-state index in [2.05, 4.69) is 6.92 Å². The second-order valence-electron chi connectivity index (χ2n) is 5.17. The molecule has 1 aromatic heterocycles. The molecule has 0 atom stereocenters. The van der Waals surface area contributed by atoms with Crippen molar-refractivity contribution in [2.24, 2.45) is 0 Å². The Balaban J connectivity index is 2.50. The van der Waals surface area contributed by atoms with Crippen molar-refractivity contribution in [2.45, 2.75) is 26.7 Å². The van der Waals surface area contributed by atoms with E-state index in [1.54, 1.807) is 36.3 Å². The topological polar surface area (TPSA) is 42.3 Å². The Morgan fingerprint density at radius 3 is 2.67 bits per heavy atom. The molecule has 0 fully saturated rings. The maximum atomic E-state index is 12.6. The number of unbranched alkanes of at least 4 members (excludes halogenated alkanes) is 1. The summed E-state index contributed by atoms with van der Waals surface area (Å²) in [6.07, 6.45) is 3.58. The van der Waals surface area contributed by atoms with Gasteiger partial charge in [-0.25, -0.2) is 0 Å². The van der Waals surface area contributed by atoms with E-state index >= 15 is 0 Å². The summed E-state index contributed by atoms with van der Waals surface area (Å²) in [7, 11) is 1.78. The number of hydrogen-bond donors (Lipinski definition) is 0. The van der Waals surface area contributed by atoms with Crippen molar-refractivity contribution in [3.8, 4) is 0 Å². The molecule has 1 aromatic carbocycles. The molecule has 0 bridgehead atoms. The molecule has 112 valence electrons. The van der Waals surface area contributed by atoms with Crippen molar-refractivity contribution in [3.05, 3.63) is 35.0 Å². The lowest BCUT2D eigenvalue weighted by Crippen LogP contribution is -2.27. The summed E-state index contributed by atoms with van der Waals surface area (Å²) in [5.41, 5.74) is 1.22. The SMILES string of the molecule is CCCCN(C)C(=O)c1cn(C(C)=O)c2ccc(Cl)cc12. The number of fused-ring (bicyclic) bond motifs is 1. The molecule has 0 unspecified atom stereocenters. The zero-order valence-corrected chi connectivity index (χ0v) is 13.3. The van der Waals surface area contributed by atoms with Crippen LogP contribution in [-0.2, 0) is 0 Å². The van der Waals surface area contributed by atoms with Crippen LogP contribution in [0.25, 0.3) is 10.9 Å². The van der Waals surface area contributed by atoms with Crippen LogP contribution in [0.4, 0.5) is 0 Å². The highest BCUT2D eigenvalue weighted by molar-refractivity contribution is 6.31. The average Bonchev–Trinajstić information content (AvgIpc) is 2.82. The zero-order chi connectivity index (χ0) is 15.6. The van der Waals surface area contributed by atoms with Gasteiger partial charge in [0.05, 0.1) is 11.1 Å². The summed E-state index contributed by atoms with van der Waals surface area (Å²) in [5, 5.41) is 1.26. The van der Waals surface area contributed by atoms with Crippen molar-refractivity contribution in [1.82, 2.24) is 9.47 Å². The Morgan fingerprint density at radius 1 is 1.33 bits per heavy atom. The standard InChI is InChI=1S/C16H19ClN2O2/c1-4-5-8-18(3)16(21)14-10-19(11(2)20)15-7-6-12(17)9-13(14)15/h6-7,9-10H,4-5,8H2,1-3H3.